The van der Waals surface area contributed by atoms with E-state index >= 15 is 0 Å². The number of rotatable bonds is 2. The number of nitrogens with one attached hydrogen (secondary N) is 2. The van der Waals surface area contributed by atoms with Gasteiger partial charge in [-0.25, -0.2) is 4.79 Å². The van der Waals surface area contributed by atoms with Crippen LogP contribution in [0.15, 0.2) is 9.59 Å². The number of nitrogens with two attached hydrogens (primary N) is 1. The molecule has 1 rings (SSSR count). The number of carbonyl (C=O) groups is 1. The molecular formula is C6H7N3O4. The zero-order valence-electron chi connectivity index (χ0n) is 6.46. The predicted molar refractivity (Wildman–Crippen MR) is 42.1 cm³/mol. The summed E-state index contributed by atoms with van der Waals surface area (Å²) in [5.74, 6) is -0.999. The molecule has 0 fully saturated rings. The number of aliphatic hydroxyl groups excluding tert-OH is 1. The number of aromatic nitrogens is 2. The minimum absolute atomic E-state index is 0.179. The zero-order chi connectivity index (χ0) is 10.0. The number of hydrogen-bond donors (Lipinski definition) is 4. The summed E-state index contributed by atoms with van der Waals surface area (Å²) in [6, 6.07) is 0. The van der Waals surface area contributed by atoms with E-state index in [2.05, 4.69) is 4.98 Å². The molecule has 0 aromatic carbocycles. The third kappa shape index (κ3) is 1.64. The number of amides is 1. The quantitative estimate of drug-likeness (QED) is 0.411. The van der Waals surface area contributed by atoms with E-state index in [1.54, 1.807) is 0 Å². The van der Waals surface area contributed by atoms with Crippen molar-refractivity contribution >= 4 is 5.91 Å². The van der Waals surface area contributed by atoms with Crippen LogP contribution >= 0.6 is 0 Å². The van der Waals surface area contributed by atoms with E-state index in [9.17, 15) is 14.4 Å². The number of carbonyl (C=O) groups excluding carboxylic acids is 1. The topological polar surface area (TPSA) is 129 Å². The summed E-state index contributed by atoms with van der Waals surface area (Å²) in [6.45, 7) is -0.628. The fourth-order valence-electron chi connectivity index (χ4n) is 0.913. The minimum atomic E-state index is -0.999. The van der Waals surface area contributed by atoms with Crippen LogP contribution in [0.4, 0.5) is 0 Å². The Kier molecular flexibility index (Phi) is 2.29. The lowest BCUT2D eigenvalue weighted by Gasteiger charge is -1.99. The Morgan fingerprint density at radius 2 is 2.00 bits per heavy atom. The maximum absolute atomic E-state index is 11.0. The molecule has 0 aliphatic heterocycles. The highest BCUT2D eigenvalue weighted by molar-refractivity contribution is 5.93. The van der Waals surface area contributed by atoms with Crippen LogP contribution < -0.4 is 17.0 Å². The predicted octanol–water partition coefficient (Wildman–Crippen LogP) is -2.35. The molecule has 0 atom stereocenters. The van der Waals surface area contributed by atoms with Gasteiger partial charge in [-0.3, -0.25) is 14.6 Å². The Balaban J connectivity index is 3.57. The first-order valence-electron chi connectivity index (χ1n) is 3.32. The number of H-pyrrole nitrogens is 2. The second kappa shape index (κ2) is 3.23. The van der Waals surface area contributed by atoms with Crippen LogP contribution in [0.25, 0.3) is 0 Å². The molecule has 0 saturated carbocycles. The van der Waals surface area contributed by atoms with Gasteiger partial charge in [0, 0.05) is 0 Å². The van der Waals surface area contributed by atoms with Crippen molar-refractivity contribution in [1.82, 2.24) is 9.97 Å². The Morgan fingerprint density at radius 1 is 1.38 bits per heavy atom. The molecule has 70 valence electrons. The molecule has 13 heavy (non-hydrogen) atoms. The van der Waals surface area contributed by atoms with E-state index in [-0.39, 0.29) is 5.69 Å². The molecule has 1 aromatic heterocycles. The van der Waals surface area contributed by atoms with Crippen LogP contribution in [0, 0.1) is 0 Å². The van der Waals surface area contributed by atoms with E-state index in [1.165, 1.54) is 0 Å². The molecule has 0 unspecified atom stereocenters. The van der Waals surface area contributed by atoms with Crippen molar-refractivity contribution in [3.8, 4) is 0 Å². The van der Waals surface area contributed by atoms with Crippen molar-refractivity contribution in [2.24, 2.45) is 5.73 Å². The Labute approximate surface area is 71.2 Å². The fourth-order valence-corrected chi connectivity index (χ4v) is 0.913. The van der Waals surface area contributed by atoms with E-state index in [4.69, 9.17) is 10.8 Å². The normalized spacial score (nSPS) is 9.92. The van der Waals surface area contributed by atoms with Crippen molar-refractivity contribution < 1.29 is 9.90 Å². The highest BCUT2D eigenvalue weighted by Gasteiger charge is 2.13. The average Bonchev–Trinajstić information content (AvgIpc) is 2.01. The zero-order valence-corrected chi connectivity index (χ0v) is 6.46. The molecule has 1 amide bonds. The summed E-state index contributed by atoms with van der Waals surface area (Å²) in [5, 5.41) is 8.69. The van der Waals surface area contributed by atoms with Crippen molar-refractivity contribution in [2.45, 2.75) is 6.61 Å². The lowest BCUT2D eigenvalue weighted by atomic mass is 10.2. The van der Waals surface area contributed by atoms with E-state index in [1.807, 2.05) is 4.98 Å². The van der Waals surface area contributed by atoms with Gasteiger partial charge in [-0.05, 0) is 0 Å². The van der Waals surface area contributed by atoms with Crippen molar-refractivity contribution in [3.05, 3.63) is 32.1 Å². The molecule has 5 N–H and O–H groups in total. The summed E-state index contributed by atoms with van der Waals surface area (Å²) in [4.78, 5) is 36.2. The van der Waals surface area contributed by atoms with Gasteiger partial charge >= 0.3 is 5.69 Å². The summed E-state index contributed by atoms with van der Waals surface area (Å²) < 4.78 is 0. The van der Waals surface area contributed by atoms with Gasteiger partial charge < -0.3 is 15.8 Å². The third-order valence-electron chi connectivity index (χ3n) is 1.42. The van der Waals surface area contributed by atoms with Crippen LogP contribution in [0.3, 0.4) is 0 Å². The smallest absolute Gasteiger partial charge is 0.326 e. The first kappa shape index (κ1) is 9.20. The van der Waals surface area contributed by atoms with Gasteiger partial charge in [-0.1, -0.05) is 0 Å². The summed E-state index contributed by atoms with van der Waals surface area (Å²) >= 11 is 0. The summed E-state index contributed by atoms with van der Waals surface area (Å²) in [5.41, 5.74) is 2.55. The van der Waals surface area contributed by atoms with Crippen molar-refractivity contribution in [3.63, 3.8) is 0 Å². The Bertz CT molecular complexity index is 444. The van der Waals surface area contributed by atoms with Crippen LogP contribution in [-0.2, 0) is 6.61 Å². The molecule has 0 bridgehead atoms. The Hall–Kier alpha value is -1.89. The second-order valence-corrected chi connectivity index (χ2v) is 2.28. The van der Waals surface area contributed by atoms with Crippen molar-refractivity contribution in [1.29, 1.82) is 0 Å². The monoisotopic (exact) mass is 185 g/mol. The standard InChI is InChI=1S/C6H7N3O4/c7-4(11)3-2(1-10)8-6(13)9-5(3)12/h10H,1H2,(H2,7,11)(H2,8,9,12,13). The van der Waals surface area contributed by atoms with Crippen LogP contribution in [0.5, 0.6) is 0 Å². The fraction of sp³-hybridized carbons (Fsp3) is 0.167. The van der Waals surface area contributed by atoms with Crippen LogP contribution in [0.2, 0.25) is 0 Å². The number of aromatic amines is 2. The van der Waals surface area contributed by atoms with Crippen LogP contribution in [-0.4, -0.2) is 21.0 Å². The van der Waals surface area contributed by atoms with Gasteiger partial charge in [0.1, 0.15) is 5.56 Å². The lowest BCUT2D eigenvalue weighted by Crippen LogP contribution is -2.33. The number of primary amides is 1. The van der Waals surface area contributed by atoms with Gasteiger partial charge in [-0.15, -0.1) is 0 Å². The Morgan fingerprint density at radius 3 is 2.46 bits per heavy atom. The summed E-state index contributed by atoms with van der Waals surface area (Å²) in [6.07, 6.45) is 0. The van der Waals surface area contributed by atoms with Gasteiger partial charge in [0.15, 0.2) is 0 Å². The van der Waals surface area contributed by atoms with E-state index < -0.39 is 29.3 Å². The van der Waals surface area contributed by atoms with Gasteiger partial charge in [0.2, 0.25) is 0 Å². The average molecular weight is 185 g/mol. The molecule has 0 aliphatic carbocycles. The van der Waals surface area contributed by atoms with Gasteiger partial charge in [0.05, 0.1) is 12.3 Å². The number of aliphatic hydroxyl groups is 1. The SMILES string of the molecule is NC(=O)c1c(CO)[nH]c(=O)[nH]c1=O. The van der Waals surface area contributed by atoms with Gasteiger partial charge in [-0.2, -0.15) is 0 Å². The minimum Gasteiger partial charge on any atom is -0.390 e. The first-order chi connectivity index (χ1) is 6.06. The van der Waals surface area contributed by atoms with E-state index in [0.29, 0.717) is 0 Å². The molecular weight excluding hydrogens is 178 g/mol. The maximum Gasteiger partial charge on any atom is 0.326 e. The molecule has 0 spiro atoms. The largest absolute Gasteiger partial charge is 0.390 e. The molecule has 0 aliphatic rings. The maximum atomic E-state index is 11.0. The molecule has 1 aromatic rings. The molecule has 0 saturated heterocycles. The third-order valence-corrected chi connectivity index (χ3v) is 1.42. The lowest BCUT2D eigenvalue weighted by molar-refractivity contribution is 0.0995. The second-order valence-electron chi connectivity index (χ2n) is 2.28. The summed E-state index contributed by atoms with van der Waals surface area (Å²) in [7, 11) is 0. The molecule has 7 heteroatoms. The van der Waals surface area contributed by atoms with Gasteiger partial charge in [0.25, 0.3) is 11.5 Å². The number of hydrogen-bond acceptors (Lipinski definition) is 4. The highest BCUT2D eigenvalue weighted by atomic mass is 16.3. The van der Waals surface area contributed by atoms with Crippen LogP contribution in [0.1, 0.15) is 16.1 Å². The van der Waals surface area contributed by atoms with E-state index in [0.717, 1.165) is 0 Å². The van der Waals surface area contributed by atoms with Crippen molar-refractivity contribution in [2.75, 3.05) is 0 Å². The molecule has 0 radical (unpaired) electrons. The highest BCUT2D eigenvalue weighted by Crippen LogP contribution is 1.94. The first-order valence-corrected chi connectivity index (χ1v) is 3.32. The molecule has 1 heterocycles. The molecule has 7 nitrogen and oxygen atoms in total.